The predicted octanol–water partition coefficient (Wildman–Crippen LogP) is 18.2. The van der Waals surface area contributed by atoms with Crippen LogP contribution in [0.5, 0.6) is 0 Å². The Balaban J connectivity index is 0.721. The maximum absolute atomic E-state index is 5.21. The Morgan fingerprint density at radius 2 is 0.784 bits per heavy atom. The van der Waals surface area contributed by atoms with Gasteiger partial charge in [-0.05, 0) is 98.1 Å². The van der Waals surface area contributed by atoms with E-state index in [1.807, 2.05) is 0 Å². The number of rotatable bonds is 8. The lowest BCUT2D eigenvalue weighted by Gasteiger charge is -2.23. The molecule has 0 unspecified atom stereocenters. The molecule has 0 radical (unpaired) electrons. The third-order valence-corrected chi connectivity index (χ3v) is 16.9. The van der Waals surface area contributed by atoms with E-state index in [0.717, 1.165) is 55.1 Å². The van der Waals surface area contributed by atoms with Gasteiger partial charge < -0.3 is 4.57 Å². The molecule has 14 aromatic rings. The van der Waals surface area contributed by atoms with Crippen molar-refractivity contribution in [3.63, 3.8) is 0 Å². The van der Waals surface area contributed by atoms with Gasteiger partial charge in [-0.25, -0.2) is 9.97 Å². The molecule has 0 saturated heterocycles. The van der Waals surface area contributed by atoms with E-state index < -0.39 is 0 Å². The smallest absolute Gasteiger partial charge is 0.194 e. The zero-order valence-electron chi connectivity index (χ0n) is 40.6. The molecule has 74 heavy (non-hydrogen) atoms. The Labute approximate surface area is 436 Å². The molecule has 0 N–H and O–H groups in total. The van der Waals surface area contributed by atoms with E-state index in [-0.39, 0.29) is 5.41 Å². The zero-order valence-corrected chi connectivity index (χ0v) is 42.2. The van der Waals surface area contributed by atoms with Crippen LogP contribution in [0.15, 0.2) is 235 Å². The first-order valence-corrected chi connectivity index (χ1v) is 26.9. The van der Waals surface area contributed by atoms with Crippen molar-refractivity contribution in [2.45, 2.75) is 19.3 Å². The average molecular weight is 984 g/mol. The van der Waals surface area contributed by atoms with E-state index in [4.69, 9.17) is 9.97 Å². The molecular weight excluding hydrogens is 939 g/mol. The Kier molecular flexibility index (Phi) is 9.58. The van der Waals surface area contributed by atoms with E-state index in [1.165, 1.54) is 83.0 Å². The van der Waals surface area contributed by atoms with Gasteiger partial charge in [-0.1, -0.05) is 184 Å². The Morgan fingerprint density at radius 1 is 0.365 bits per heavy atom. The molecule has 15 rings (SSSR count). The van der Waals surface area contributed by atoms with Crippen molar-refractivity contribution in [1.29, 1.82) is 0 Å². The van der Waals surface area contributed by atoms with Crippen LogP contribution in [0.3, 0.4) is 0 Å². The lowest BCUT2D eigenvalue weighted by molar-refractivity contribution is 0.661. The second kappa shape index (κ2) is 16.6. The van der Waals surface area contributed by atoms with Gasteiger partial charge in [0.2, 0.25) is 0 Å². The molecule has 0 bridgehead atoms. The summed E-state index contributed by atoms with van der Waals surface area (Å²) in [5, 5.41) is 6.76. The number of imidazole rings is 2. The minimum atomic E-state index is -0.213. The Morgan fingerprint density at radius 3 is 1.38 bits per heavy atom. The fourth-order valence-corrected chi connectivity index (χ4v) is 13.1. The summed E-state index contributed by atoms with van der Waals surface area (Å²) in [6.07, 6.45) is 4.28. The summed E-state index contributed by atoms with van der Waals surface area (Å²) >= 11 is 3.34. The monoisotopic (exact) mass is 983 g/mol. The van der Waals surface area contributed by atoms with Gasteiger partial charge in [0.1, 0.15) is 0 Å². The molecular formula is C67H45N5S2. The van der Waals surface area contributed by atoms with Gasteiger partial charge in [0.15, 0.2) is 9.92 Å². The molecule has 0 amide bonds. The van der Waals surface area contributed by atoms with Crippen molar-refractivity contribution in [3.8, 4) is 95.2 Å². The first-order valence-electron chi connectivity index (χ1n) is 25.1. The lowest BCUT2D eigenvalue weighted by atomic mass is 9.81. The van der Waals surface area contributed by atoms with Gasteiger partial charge in [-0.15, -0.1) is 22.7 Å². The van der Waals surface area contributed by atoms with E-state index >= 15 is 0 Å². The van der Waals surface area contributed by atoms with Crippen LogP contribution >= 0.6 is 22.7 Å². The molecule has 1 aliphatic carbocycles. The number of hydrogen-bond donors (Lipinski definition) is 0. The van der Waals surface area contributed by atoms with E-state index in [0.29, 0.717) is 0 Å². The number of para-hydroxylation sites is 2. The number of nitrogens with zero attached hydrogens (tertiary/aromatic N) is 5. The van der Waals surface area contributed by atoms with Crippen molar-refractivity contribution in [3.05, 3.63) is 247 Å². The highest BCUT2D eigenvalue weighted by atomic mass is 32.1. The highest BCUT2D eigenvalue weighted by Gasteiger charge is 2.36. The molecule has 350 valence electrons. The van der Waals surface area contributed by atoms with Gasteiger partial charge in [0, 0.05) is 67.3 Å². The Bertz CT molecular complexity index is 4430. The highest BCUT2D eigenvalue weighted by molar-refractivity contribution is 7.15. The zero-order chi connectivity index (χ0) is 49.1. The van der Waals surface area contributed by atoms with Crippen molar-refractivity contribution in [2.75, 3.05) is 0 Å². The molecule has 5 nitrogen and oxygen atoms in total. The summed E-state index contributed by atoms with van der Waals surface area (Å²) < 4.78 is 6.85. The van der Waals surface area contributed by atoms with E-state index in [9.17, 15) is 0 Å². The molecule has 1 aliphatic rings. The molecule has 0 atom stereocenters. The van der Waals surface area contributed by atoms with Gasteiger partial charge in [-0.2, -0.15) is 0 Å². The maximum atomic E-state index is 5.21. The van der Waals surface area contributed by atoms with Gasteiger partial charge in [0.25, 0.3) is 0 Å². The van der Waals surface area contributed by atoms with Crippen LogP contribution in [0, 0.1) is 0 Å². The van der Waals surface area contributed by atoms with Crippen LogP contribution in [-0.2, 0) is 5.41 Å². The molecule has 0 saturated carbocycles. The topological polar surface area (TPSA) is 39.5 Å². The van der Waals surface area contributed by atoms with Crippen LogP contribution < -0.4 is 0 Å². The van der Waals surface area contributed by atoms with Crippen molar-refractivity contribution < 1.29 is 0 Å². The van der Waals surface area contributed by atoms with Crippen LogP contribution in [0.4, 0.5) is 0 Å². The summed E-state index contributed by atoms with van der Waals surface area (Å²) in [4.78, 5) is 12.4. The van der Waals surface area contributed by atoms with E-state index in [2.05, 4.69) is 263 Å². The Hall–Kier alpha value is -8.88. The highest BCUT2D eigenvalue weighted by Crippen LogP contribution is 2.51. The summed E-state index contributed by atoms with van der Waals surface area (Å²) in [6.45, 7) is 4.75. The number of thiazole rings is 2. The van der Waals surface area contributed by atoms with Crippen molar-refractivity contribution in [1.82, 2.24) is 23.3 Å². The third-order valence-electron chi connectivity index (χ3n) is 15.4. The third kappa shape index (κ3) is 6.67. The van der Waals surface area contributed by atoms with Gasteiger partial charge in [-0.3, -0.25) is 8.80 Å². The standard InChI is InChI=1S/C67H45N5S2/c1-67(2)57-40-50(29-33-53(57)54-34-30-51(41-58(54)67)64-62(69-66-71(64)36-38-74-66)46-23-19-43(20-24-46)42-11-4-3-5-12-42)49-14-10-13-48(39-49)44-21-25-45(26-22-44)61-63(70-35-37-73-65(70)68-61)47-27-31-52(32-28-47)72-59-17-8-6-15-55(59)56-16-7-9-18-60(56)72/h3-41H,1-2H3. The van der Waals surface area contributed by atoms with Crippen LogP contribution in [0.1, 0.15) is 25.0 Å². The minimum Gasteiger partial charge on any atom is -0.309 e. The normalized spacial score (nSPS) is 12.8. The second-order valence-electron chi connectivity index (χ2n) is 19.9. The second-order valence-corrected chi connectivity index (χ2v) is 21.6. The summed E-state index contributed by atoms with van der Waals surface area (Å²) in [5.41, 5.74) is 24.5. The van der Waals surface area contributed by atoms with Crippen LogP contribution in [0.25, 0.3) is 127 Å². The molecule has 7 heteroatoms. The summed E-state index contributed by atoms with van der Waals surface area (Å²) in [5.74, 6) is 0. The fraction of sp³-hybridized carbons (Fsp3) is 0.0448. The largest absolute Gasteiger partial charge is 0.309 e. The molecule has 0 fully saturated rings. The molecule has 0 aliphatic heterocycles. The lowest BCUT2D eigenvalue weighted by Crippen LogP contribution is -2.15. The van der Waals surface area contributed by atoms with Crippen molar-refractivity contribution in [2.24, 2.45) is 0 Å². The molecule has 5 heterocycles. The first kappa shape index (κ1) is 42.8. The molecule has 0 spiro atoms. The molecule has 9 aromatic carbocycles. The predicted molar refractivity (Wildman–Crippen MR) is 310 cm³/mol. The summed E-state index contributed by atoms with van der Waals surface area (Å²) in [6, 6.07) is 77.7. The number of benzene rings is 9. The minimum absolute atomic E-state index is 0.213. The van der Waals surface area contributed by atoms with Crippen molar-refractivity contribution >= 4 is 54.4 Å². The first-order chi connectivity index (χ1) is 36.4. The summed E-state index contributed by atoms with van der Waals surface area (Å²) in [7, 11) is 0. The van der Waals surface area contributed by atoms with Crippen LogP contribution in [-0.4, -0.2) is 23.3 Å². The molecule has 5 aromatic heterocycles. The fourth-order valence-electron chi connectivity index (χ4n) is 11.7. The number of fused-ring (bicyclic) bond motifs is 8. The van der Waals surface area contributed by atoms with Gasteiger partial charge in [0.05, 0.1) is 33.8 Å². The SMILES string of the molecule is CC1(C)c2cc(-c3cccc(-c4ccc(-c5nc6sccn6c5-c5ccc(-n6c7ccccc7c7ccccc76)cc5)cc4)c3)ccc2-c2ccc(-c3c(-c4ccc(-c5ccccc5)cc4)nc4sccn34)cc21. The van der Waals surface area contributed by atoms with E-state index in [1.54, 1.807) is 22.7 Å². The number of aromatic nitrogens is 5. The van der Waals surface area contributed by atoms with Gasteiger partial charge >= 0.3 is 0 Å². The number of hydrogen-bond acceptors (Lipinski definition) is 4. The quantitative estimate of drug-likeness (QED) is 0.152. The average Bonchev–Trinajstić information content (AvgIpc) is 4.33. The maximum Gasteiger partial charge on any atom is 0.194 e. The van der Waals surface area contributed by atoms with Crippen LogP contribution in [0.2, 0.25) is 0 Å².